The van der Waals surface area contributed by atoms with Crippen LogP contribution >= 0.6 is 23.8 Å². The molecule has 0 fully saturated rings. The molecular weight excluding hydrogens is 371 g/mol. The average Bonchev–Trinajstić information content (AvgIpc) is 2.63. The number of nitrogens with zero attached hydrogens (tertiary/aromatic N) is 2. The van der Waals surface area contributed by atoms with Crippen LogP contribution in [0.25, 0.3) is 0 Å². The molecule has 2 rings (SSSR count). The number of nitrogens with one attached hydrogen (secondary N) is 2. The van der Waals surface area contributed by atoms with Crippen LogP contribution in [-0.4, -0.2) is 24.4 Å². The first kappa shape index (κ1) is 20.1. The Bertz CT molecular complexity index is 765. The van der Waals surface area contributed by atoms with E-state index in [-0.39, 0.29) is 5.02 Å². The van der Waals surface area contributed by atoms with Crippen molar-refractivity contribution in [3.8, 4) is 0 Å². The van der Waals surface area contributed by atoms with Crippen LogP contribution in [0.1, 0.15) is 25.8 Å². The van der Waals surface area contributed by atoms with Crippen LogP contribution in [0.2, 0.25) is 5.02 Å². The zero-order chi connectivity index (χ0) is 18.9. The lowest BCUT2D eigenvalue weighted by Crippen LogP contribution is -2.24. The van der Waals surface area contributed by atoms with Gasteiger partial charge in [0.05, 0.1) is 11.2 Å². The maximum atomic E-state index is 13.1. The van der Waals surface area contributed by atoms with Crippen molar-refractivity contribution < 1.29 is 4.39 Å². The van der Waals surface area contributed by atoms with E-state index in [4.69, 9.17) is 23.8 Å². The van der Waals surface area contributed by atoms with Gasteiger partial charge < -0.3 is 10.2 Å². The normalized spacial score (nSPS) is 10.8. The Balaban J connectivity index is 1.89. The minimum Gasteiger partial charge on any atom is -0.372 e. The maximum absolute atomic E-state index is 13.1. The van der Waals surface area contributed by atoms with E-state index in [1.165, 1.54) is 17.8 Å². The van der Waals surface area contributed by atoms with E-state index in [9.17, 15) is 4.39 Å². The van der Waals surface area contributed by atoms with E-state index >= 15 is 0 Å². The molecule has 7 heteroatoms. The lowest BCUT2D eigenvalue weighted by atomic mass is 10.2. The van der Waals surface area contributed by atoms with Crippen LogP contribution in [0.3, 0.4) is 0 Å². The van der Waals surface area contributed by atoms with Crippen LogP contribution in [0.15, 0.2) is 47.6 Å². The van der Waals surface area contributed by atoms with Gasteiger partial charge in [-0.25, -0.2) is 4.39 Å². The number of rotatable bonds is 7. The van der Waals surface area contributed by atoms with E-state index in [0.717, 1.165) is 25.1 Å². The largest absolute Gasteiger partial charge is 0.372 e. The van der Waals surface area contributed by atoms with Gasteiger partial charge in [-0.05, 0) is 61.5 Å². The van der Waals surface area contributed by atoms with Crippen LogP contribution in [0, 0.1) is 5.82 Å². The van der Waals surface area contributed by atoms with Crippen molar-refractivity contribution in [3.63, 3.8) is 0 Å². The molecular formula is C19H22ClFN4S. The summed E-state index contributed by atoms with van der Waals surface area (Å²) in [4.78, 5) is 2.33. The first-order chi connectivity index (χ1) is 12.5. The SMILES string of the molecule is CCCN(CC)c1ccc(/C=N/NC(=S)Nc2ccc(F)c(Cl)c2)cc1. The second kappa shape index (κ2) is 10.1. The molecule has 4 nitrogen and oxygen atoms in total. The van der Waals surface area contributed by atoms with Crippen molar-refractivity contribution in [2.45, 2.75) is 20.3 Å². The molecule has 0 radical (unpaired) electrons. The predicted molar refractivity (Wildman–Crippen MR) is 113 cm³/mol. The van der Waals surface area contributed by atoms with Crippen molar-refractivity contribution in [2.24, 2.45) is 5.10 Å². The van der Waals surface area contributed by atoms with E-state index in [2.05, 4.69) is 46.7 Å². The molecule has 2 aromatic rings. The Labute approximate surface area is 164 Å². The Morgan fingerprint density at radius 2 is 1.96 bits per heavy atom. The van der Waals surface area contributed by atoms with E-state index in [0.29, 0.717) is 10.8 Å². The van der Waals surface area contributed by atoms with Crippen molar-refractivity contribution in [2.75, 3.05) is 23.3 Å². The molecule has 0 bridgehead atoms. The van der Waals surface area contributed by atoms with Crippen molar-refractivity contribution in [1.82, 2.24) is 5.43 Å². The summed E-state index contributed by atoms with van der Waals surface area (Å²) in [6.45, 7) is 6.35. The standard InChI is InChI=1S/C19H22ClFN4S/c1-3-11-25(4-2)16-8-5-14(6-9-16)13-22-24-19(26)23-15-7-10-18(21)17(20)12-15/h5-10,12-13H,3-4,11H2,1-2H3,(H2,23,24,26)/b22-13+. The van der Waals surface area contributed by atoms with Gasteiger partial charge in [-0.15, -0.1) is 0 Å². The monoisotopic (exact) mass is 392 g/mol. The summed E-state index contributed by atoms with van der Waals surface area (Å²) in [5, 5.41) is 7.33. The maximum Gasteiger partial charge on any atom is 0.191 e. The summed E-state index contributed by atoms with van der Waals surface area (Å²) < 4.78 is 13.1. The molecule has 0 amide bonds. The lowest BCUT2D eigenvalue weighted by Gasteiger charge is -2.22. The Kier molecular flexibility index (Phi) is 7.81. The highest BCUT2D eigenvalue weighted by Gasteiger charge is 2.03. The van der Waals surface area contributed by atoms with Gasteiger partial charge in [-0.3, -0.25) is 5.43 Å². The van der Waals surface area contributed by atoms with Crippen LogP contribution < -0.4 is 15.6 Å². The van der Waals surface area contributed by atoms with Crippen LogP contribution in [0.5, 0.6) is 0 Å². The van der Waals surface area contributed by atoms with Crippen molar-refractivity contribution in [1.29, 1.82) is 0 Å². The highest BCUT2D eigenvalue weighted by Crippen LogP contribution is 2.19. The summed E-state index contributed by atoms with van der Waals surface area (Å²) in [6.07, 6.45) is 2.80. The van der Waals surface area contributed by atoms with Crippen molar-refractivity contribution in [3.05, 3.63) is 58.9 Å². The fraction of sp³-hybridized carbons (Fsp3) is 0.263. The van der Waals surface area contributed by atoms with E-state index < -0.39 is 5.82 Å². The van der Waals surface area contributed by atoms with Gasteiger partial charge in [-0.2, -0.15) is 5.10 Å². The number of benzene rings is 2. The molecule has 0 atom stereocenters. The van der Waals surface area contributed by atoms with Gasteiger partial charge in [-0.1, -0.05) is 30.7 Å². The zero-order valence-electron chi connectivity index (χ0n) is 14.8. The minimum atomic E-state index is -0.474. The van der Waals surface area contributed by atoms with Gasteiger partial charge in [0.1, 0.15) is 5.82 Å². The molecule has 0 aliphatic rings. The van der Waals surface area contributed by atoms with E-state index in [1.54, 1.807) is 12.3 Å². The van der Waals surface area contributed by atoms with Crippen LogP contribution in [-0.2, 0) is 0 Å². The smallest absolute Gasteiger partial charge is 0.191 e. The van der Waals surface area contributed by atoms with Crippen LogP contribution in [0.4, 0.5) is 15.8 Å². The third-order valence-corrected chi connectivity index (χ3v) is 4.17. The number of halogens is 2. The van der Waals surface area contributed by atoms with Gasteiger partial charge in [0, 0.05) is 24.5 Å². The highest BCUT2D eigenvalue weighted by atomic mass is 35.5. The molecule has 0 aliphatic carbocycles. The number of anilines is 2. The van der Waals surface area contributed by atoms with Gasteiger partial charge >= 0.3 is 0 Å². The average molecular weight is 393 g/mol. The first-order valence-electron chi connectivity index (χ1n) is 8.43. The molecule has 0 aromatic heterocycles. The fourth-order valence-corrected chi connectivity index (χ4v) is 2.76. The second-order valence-electron chi connectivity index (χ2n) is 5.62. The summed E-state index contributed by atoms with van der Waals surface area (Å²) in [6, 6.07) is 12.5. The number of hydrazone groups is 1. The van der Waals surface area contributed by atoms with Gasteiger partial charge in [0.15, 0.2) is 5.11 Å². The first-order valence-corrected chi connectivity index (χ1v) is 9.22. The molecule has 0 saturated heterocycles. The molecule has 2 N–H and O–H groups in total. The fourth-order valence-electron chi connectivity index (χ4n) is 2.41. The topological polar surface area (TPSA) is 39.7 Å². The third-order valence-electron chi connectivity index (χ3n) is 3.69. The molecule has 0 aliphatic heterocycles. The molecule has 138 valence electrons. The van der Waals surface area contributed by atoms with Crippen molar-refractivity contribution >= 4 is 46.5 Å². The molecule has 0 heterocycles. The zero-order valence-corrected chi connectivity index (χ0v) is 16.4. The summed E-state index contributed by atoms with van der Waals surface area (Å²) in [5.74, 6) is -0.474. The third kappa shape index (κ3) is 5.97. The molecule has 26 heavy (non-hydrogen) atoms. The number of thiocarbonyl (C=S) groups is 1. The highest BCUT2D eigenvalue weighted by molar-refractivity contribution is 7.80. The summed E-state index contributed by atoms with van der Waals surface area (Å²) in [5.41, 5.74) is 5.47. The Hall–Kier alpha value is -2.18. The molecule has 0 unspecified atom stereocenters. The van der Waals surface area contributed by atoms with Gasteiger partial charge in [0.25, 0.3) is 0 Å². The quantitative estimate of drug-likeness (QED) is 0.393. The predicted octanol–water partition coefficient (Wildman–Crippen LogP) is 5.04. The minimum absolute atomic E-state index is 0.0330. The molecule has 2 aromatic carbocycles. The lowest BCUT2D eigenvalue weighted by molar-refractivity contribution is 0.628. The summed E-state index contributed by atoms with van der Waals surface area (Å²) >= 11 is 10.9. The molecule has 0 saturated carbocycles. The second-order valence-corrected chi connectivity index (χ2v) is 6.44. The Morgan fingerprint density at radius 1 is 1.23 bits per heavy atom. The molecule has 0 spiro atoms. The Morgan fingerprint density at radius 3 is 2.58 bits per heavy atom. The number of hydrogen-bond acceptors (Lipinski definition) is 3. The number of hydrogen-bond donors (Lipinski definition) is 2. The van der Waals surface area contributed by atoms with Gasteiger partial charge in [0.2, 0.25) is 0 Å². The summed E-state index contributed by atoms with van der Waals surface area (Å²) in [7, 11) is 0. The van der Waals surface area contributed by atoms with E-state index in [1.807, 2.05) is 12.1 Å².